The molecular formula is C20H15N3O4. The minimum absolute atomic E-state index is 0.122. The molecule has 3 aromatic rings. The number of nitro groups is 1. The van der Waals surface area contributed by atoms with Crippen LogP contribution in [0.5, 0.6) is 11.5 Å². The summed E-state index contributed by atoms with van der Waals surface area (Å²) in [6, 6.07) is 21.7. The molecule has 0 bridgehead atoms. The first-order chi connectivity index (χ1) is 13.1. The molecule has 3 rings (SSSR count). The molecule has 0 aromatic heterocycles. The molecule has 0 aliphatic carbocycles. The Morgan fingerprint density at radius 2 is 1.56 bits per heavy atom. The second-order valence-corrected chi connectivity index (χ2v) is 5.43. The van der Waals surface area contributed by atoms with Gasteiger partial charge in [-0.1, -0.05) is 42.5 Å². The Kier molecular flexibility index (Phi) is 5.54. The first-order valence-electron chi connectivity index (χ1n) is 8.04. The maximum Gasteiger partial charge on any atom is 0.311 e. The van der Waals surface area contributed by atoms with Crippen LogP contribution < -0.4 is 10.2 Å². The second kappa shape index (κ2) is 8.39. The van der Waals surface area contributed by atoms with Crippen molar-refractivity contribution in [1.29, 1.82) is 0 Å². The lowest BCUT2D eigenvalue weighted by Gasteiger charge is -2.08. The van der Waals surface area contributed by atoms with Gasteiger partial charge in [-0.15, -0.1) is 0 Å². The fourth-order valence-electron chi connectivity index (χ4n) is 2.31. The van der Waals surface area contributed by atoms with Gasteiger partial charge in [-0.3, -0.25) is 14.9 Å². The number of nitrogens with one attached hydrogen (secondary N) is 1. The summed E-state index contributed by atoms with van der Waals surface area (Å²) in [5.74, 6) is 0.158. The summed E-state index contributed by atoms with van der Waals surface area (Å²) in [4.78, 5) is 22.6. The largest absolute Gasteiger partial charge is 0.449 e. The Morgan fingerprint density at radius 3 is 2.30 bits per heavy atom. The van der Waals surface area contributed by atoms with E-state index in [0.717, 1.165) is 0 Å². The standard InChI is InChI=1S/C20H15N3O4/c24-20(15-8-2-1-3-9-15)22-21-14-16-10-4-6-12-18(16)27-19-13-7-5-11-17(19)23(25)26/h1-14H,(H,22,24)/b21-14-. The molecule has 0 heterocycles. The molecule has 0 aliphatic rings. The zero-order valence-electron chi connectivity index (χ0n) is 14.1. The molecular weight excluding hydrogens is 346 g/mol. The van der Waals surface area contributed by atoms with Crippen LogP contribution in [0.15, 0.2) is 84.0 Å². The molecule has 27 heavy (non-hydrogen) atoms. The summed E-state index contributed by atoms with van der Waals surface area (Å²) in [7, 11) is 0. The lowest BCUT2D eigenvalue weighted by atomic mass is 10.2. The van der Waals surface area contributed by atoms with Crippen LogP contribution in [0, 0.1) is 10.1 Å². The van der Waals surface area contributed by atoms with Gasteiger partial charge in [0.15, 0.2) is 0 Å². The fraction of sp³-hybridized carbons (Fsp3) is 0. The van der Waals surface area contributed by atoms with Crippen molar-refractivity contribution in [2.24, 2.45) is 5.10 Å². The van der Waals surface area contributed by atoms with Crippen molar-refractivity contribution in [3.8, 4) is 11.5 Å². The van der Waals surface area contributed by atoms with E-state index in [9.17, 15) is 14.9 Å². The fourth-order valence-corrected chi connectivity index (χ4v) is 2.31. The molecule has 0 fully saturated rings. The van der Waals surface area contributed by atoms with Gasteiger partial charge in [0.1, 0.15) is 5.75 Å². The van der Waals surface area contributed by atoms with Gasteiger partial charge in [0, 0.05) is 17.2 Å². The minimum atomic E-state index is -0.508. The number of hydrogen-bond acceptors (Lipinski definition) is 5. The highest BCUT2D eigenvalue weighted by atomic mass is 16.6. The van der Waals surface area contributed by atoms with E-state index in [0.29, 0.717) is 16.9 Å². The van der Waals surface area contributed by atoms with E-state index in [1.165, 1.54) is 18.3 Å². The highest BCUT2D eigenvalue weighted by Crippen LogP contribution is 2.31. The van der Waals surface area contributed by atoms with Gasteiger partial charge in [-0.05, 0) is 30.3 Å². The van der Waals surface area contributed by atoms with Crippen LogP contribution in [0.1, 0.15) is 15.9 Å². The zero-order chi connectivity index (χ0) is 19.1. The lowest BCUT2D eigenvalue weighted by molar-refractivity contribution is -0.385. The number of hydrazone groups is 1. The van der Waals surface area contributed by atoms with E-state index in [1.807, 2.05) is 6.07 Å². The number of hydrogen-bond donors (Lipinski definition) is 1. The summed E-state index contributed by atoms with van der Waals surface area (Å²) < 4.78 is 5.70. The van der Waals surface area contributed by atoms with Gasteiger partial charge in [0.05, 0.1) is 11.1 Å². The van der Waals surface area contributed by atoms with Crippen molar-refractivity contribution >= 4 is 17.8 Å². The molecule has 0 unspecified atom stereocenters. The smallest absolute Gasteiger partial charge is 0.311 e. The van der Waals surface area contributed by atoms with Crippen LogP contribution in [0.4, 0.5) is 5.69 Å². The molecule has 0 saturated heterocycles. The summed E-state index contributed by atoms with van der Waals surface area (Å²) in [6.07, 6.45) is 1.42. The van der Waals surface area contributed by atoms with Gasteiger partial charge in [-0.25, -0.2) is 5.43 Å². The van der Waals surface area contributed by atoms with Crippen LogP contribution in [-0.2, 0) is 0 Å². The van der Waals surface area contributed by atoms with Gasteiger partial charge >= 0.3 is 5.69 Å². The number of carbonyl (C=O) groups excluding carboxylic acids is 1. The third-order valence-electron chi connectivity index (χ3n) is 3.61. The predicted molar refractivity (Wildman–Crippen MR) is 101 cm³/mol. The maximum atomic E-state index is 12.0. The molecule has 0 atom stereocenters. The Balaban J connectivity index is 1.77. The SMILES string of the molecule is O=C(N/N=C\c1ccccc1Oc1ccccc1[N+](=O)[O-])c1ccccc1. The van der Waals surface area contributed by atoms with Crippen LogP contribution in [0.25, 0.3) is 0 Å². The van der Waals surface area contributed by atoms with E-state index < -0.39 is 4.92 Å². The first-order valence-corrected chi connectivity index (χ1v) is 8.04. The van der Waals surface area contributed by atoms with Crippen molar-refractivity contribution in [3.05, 3.63) is 100 Å². The van der Waals surface area contributed by atoms with Gasteiger partial charge in [0.25, 0.3) is 5.91 Å². The molecule has 3 aromatic carbocycles. The highest BCUT2D eigenvalue weighted by molar-refractivity contribution is 5.95. The van der Waals surface area contributed by atoms with E-state index in [1.54, 1.807) is 60.7 Å². The second-order valence-electron chi connectivity index (χ2n) is 5.43. The Bertz CT molecular complexity index is 987. The topological polar surface area (TPSA) is 93.8 Å². The van der Waals surface area contributed by atoms with E-state index in [2.05, 4.69) is 10.5 Å². The molecule has 0 saturated carbocycles. The molecule has 7 nitrogen and oxygen atoms in total. The normalized spacial score (nSPS) is 10.5. The number of amides is 1. The predicted octanol–water partition coefficient (Wildman–Crippen LogP) is 4.15. The van der Waals surface area contributed by atoms with Crippen molar-refractivity contribution in [3.63, 3.8) is 0 Å². The van der Waals surface area contributed by atoms with Gasteiger partial charge in [-0.2, -0.15) is 5.10 Å². The molecule has 1 amide bonds. The third kappa shape index (κ3) is 4.55. The average Bonchev–Trinajstić information content (AvgIpc) is 2.70. The van der Waals surface area contributed by atoms with Crippen LogP contribution >= 0.6 is 0 Å². The van der Waals surface area contributed by atoms with Crippen LogP contribution in [-0.4, -0.2) is 17.0 Å². The van der Waals surface area contributed by atoms with Crippen LogP contribution in [0.2, 0.25) is 0 Å². The Labute approximate surface area is 155 Å². The van der Waals surface area contributed by atoms with E-state index >= 15 is 0 Å². The number of benzene rings is 3. The Hall–Kier alpha value is -4.00. The molecule has 1 N–H and O–H groups in total. The van der Waals surface area contributed by atoms with Crippen molar-refractivity contribution in [1.82, 2.24) is 5.43 Å². The quantitative estimate of drug-likeness (QED) is 0.405. The molecule has 0 spiro atoms. The summed E-state index contributed by atoms with van der Waals surface area (Å²) in [6.45, 7) is 0. The average molecular weight is 361 g/mol. The zero-order valence-corrected chi connectivity index (χ0v) is 14.1. The summed E-state index contributed by atoms with van der Waals surface area (Å²) >= 11 is 0. The summed E-state index contributed by atoms with van der Waals surface area (Å²) in [5, 5.41) is 15.1. The number of para-hydroxylation sites is 3. The van der Waals surface area contributed by atoms with Crippen molar-refractivity contribution in [2.75, 3.05) is 0 Å². The van der Waals surface area contributed by atoms with E-state index in [-0.39, 0.29) is 17.3 Å². The molecule has 0 aliphatic heterocycles. The summed E-state index contributed by atoms with van der Waals surface area (Å²) in [5.41, 5.74) is 3.34. The van der Waals surface area contributed by atoms with Gasteiger partial charge in [0.2, 0.25) is 5.75 Å². The number of rotatable bonds is 6. The molecule has 0 radical (unpaired) electrons. The number of nitro benzene ring substituents is 1. The monoisotopic (exact) mass is 361 g/mol. The van der Waals surface area contributed by atoms with E-state index in [4.69, 9.17) is 4.74 Å². The third-order valence-corrected chi connectivity index (χ3v) is 3.61. The maximum absolute atomic E-state index is 12.0. The minimum Gasteiger partial charge on any atom is -0.449 e. The number of carbonyl (C=O) groups is 1. The van der Waals surface area contributed by atoms with Crippen molar-refractivity contribution in [2.45, 2.75) is 0 Å². The highest BCUT2D eigenvalue weighted by Gasteiger charge is 2.15. The first kappa shape index (κ1) is 17.8. The van der Waals surface area contributed by atoms with Gasteiger partial charge < -0.3 is 4.74 Å². The Morgan fingerprint density at radius 1 is 0.926 bits per heavy atom. The number of nitrogens with zero attached hydrogens (tertiary/aromatic N) is 2. The van der Waals surface area contributed by atoms with Crippen LogP contribution in [0.3, 0.4) is 0 Å². The molecule has 134 valence electrons. The van der Waals surface area contributed by atoms with Crippen molar-refractivity contribution < 1.29 is 14.5 Å². The molecule has 7 heteroatoms. The number of ether oxygens (including phenoxy) is 1. The lowest BCUT2D eigenvalue weighted by Crippen LogP contribution is -2.17.